The summed E-state index contributed by atoms with van der Waals surface area (Å²) in [6.45, 7) is 2.03. The number of esters is 1. The Kier molecular flexibility index (Phi) is 3.11. The van der Waals surface area contributed by atoms with Crippen molar-refractivity contribution in [1.82, 2.24) is 9.38 Å². The average Bonchev–Trinajstić information content (AvgIpc) is 2.73. The summed E-state index contributed by atoms with van der Waals surface area (Å²) in [6.07, 6.45) is 2.98. The van der Waals surface area contributed by atoms with Gasteiger partial charge in [-0.1, -0.05) is 0 Å². The smallest absolute Gasteiger partial charge is 0.356 e. The first-order valence-electron chi connectivity index (χ1n) is 4.91. The lowest BCUT2D eigenvalue weighted by Crippen LogP contribution is -2.08. The number of nitrogens with zero attached hydrogens (tertiary/aromatic N) is 3. The molecular formula is C11H8BrN3O2. The van der Waals surface area contributed by atoms with Crippen molar-refractivity contribution >= 4 is 27.5 Å². The fourth-order valence-electron chi connectivity index (χ4n) is 1.46. The van der Waals surface area contributed by atoms with Crippen LogP contribution in [-0.4, -0.2) is 22.0 Å². The molecule has 0 saturated heterocycles. The van der Waals surface area contributed by atoms with Crippen LogP contribution in [-0.2, 0) is 4.74 Å². The highest BCUT2D eigenvalue weighted by Gasteiger charge is 2.15. The maximum absolute atomic E-state index is 11.6. The zero-order chi connectivity index (χ0) is 12.4. The maximum Gasteiger partial charge on any atom is 0.356 e. The van der Waals surface area contributed by atoms with Gasteiger partial charge in [0.1, 0.15) is 6.07 Å². The van der Waals surface area contributed by atoms with Crippen molar-refractivity contribution in [1.29, 1.82) is 5.26 Å². The molecule has 2 heterocycles. The van der Waals surface area contributed by atoms with Gasteiger partial charge in [0.25, 0.3) is 0 Å². The van der Waals surface area contributed by atoms with E-state index in [2.05, 4.69) is 20.9 Å². The number of rotatable bonds is 2. The zero-order valence-corrected chi connectivity index (χ0v) is 10.6. The SMILES string of the molecule is CCOC(=O)c1cnc2c(Br)cc(C#N)cn12. The van der Waals surface area contributed by atoms with E-state index in [0.717, 1.165) is 0 Å². The number of carbonyl (C=O) groups excluding carboxylic acids is 1. The van der Waals surface area contributed by atoms with Gasteiger partial charge < -0.3 is 4.74 Å². The van der Waals surface area contributed by atoms with Crippen molar-refractivity contribution < 1.29 is 9.53 Å². The van der Waals surface area contributed by atoms with Gasteiger partial charge in [-0.15, -0.1) is 0 Å². The van der Waals surface area contributed by atoms with Gasteiger partial charge in [0.2, 0.25) is 0 Å². The number of imidazole rings is 1. The third-order valence-corrected chi connectivity index (χ3v) is 2.76. The molecule has 0 aliphatic rings. The lowest BCUT2D eigenvalue weighted by Gasteiger charge is -2.02. The number of ether oxygens (including phenoxy) is 1. The molecule has 0 aliphatic heterocycles. The minimum Gasteiger partial charge on any atom is -0.461 e. The standard InChI is InChI=1S/C11H8BrN3O2/c1-2-17-11(16)9-5-14-10-8(12)3-7(4-13)6-15(9)10/h3,5-6H,2H2,1H3. The topological polar surface area (TPSA) is 67.4 Å². The number of aromatic nitrogens is 2. The van der Waals surface area contributed by atoms with E-state index in [1.165, 1.54) is 6.20 Å². The number of carbonyl (C=O) groups is 1. The zero-order valence-electron chi connectivity index (χ0n) is 8.98. The van der Waals surface area contributed by atoms with Crippen molar-refractivity contribution in [2.75, 3.05) is 6.61 Å². The lowest BCUT2D eigenvalue weighted by atomic mass is 10.3. The molecule has 0 amide bonds. The number of nitriles is 1. The monoisotopic (exact) mass is 293 g/mol. The number of fused-ring (bicyclic) bond motifs is 1. The van der Waals surface area contributed by atoms with E-state index in [1.54, 1.807) is 23.6 Å². The molecule has 0 bridgehead atoms. The third-order valence-electron chi connectivity index (χ3n) is 2.17. The number of hydrogen-bond acceptors (Lipinski definition) is 4. The summed E-state index contributed by atoms with van der Waals surface area (Å²) in [5.74, 6) is -0.456. The van der Waals surface area contributed by atoms with Crippen LogP contribution in [0.3, 0.4) is 0 Å². The third kappa shape index (κ3) is 2.01. The summed E-state index contributed by atoms with van der Waals surface area (Å²) < 4.78 is 7.11. The number of hydrogen-bond donors (Lipinski definition) is 0. The minimum absolute atomic E-state index is 0.297. The molecule has 6 heteroatoms. The Hall–Kier alpha value is -1.87. The molecule has 0 radical (unpaired) electrons. The van der Waals surface area contributed by atoms with E-state index in [1.807, 2.05) is 6.07 Å². The van der Waals surface area contributed by atoms with Gasteiger partial charge in [-0.05, 0) is 28.9 Å². The predicted octanol–water partition coefficient (Wildman–Crippen LogP) is 2.15. The summed E-state index contributed by atoms with van der Waals surface area (Å²) >= 11 is 3.30. The molecule has 2 rings (SSSR count). The van der Waals surface area contributed by atoms with Gasteiger partial charge in [0.05, 0.1) is 22.8 Å². The Balaban J connectivity index is 2.63. The summed E-state index contributed by atoms with van der Waals surface area (Å²) in [6, 6.07) is 3.67. The molecule has 0 N–H and O–H groups in total. The molecule has 0 fully saturated rings. The molecule has 86 valence electrons. The van der Waals surface area contributed by atoms with E-state index in [4.69, 9.17) is 10.00 Å². The molecule has 0 unspecified atom stereocenters. The second-order valence-corrected chi connectivity index (χ2v) is 4.10. The van der Waals surface area contributed by atoms with Crippen molar-refractivity contribution in [3.05, 3.63) is 34.2 Å². The molecule has 5 nitrogen and oxygen atoms in total. The number of pyridine rings is 1. The molecule has 2 aromatic rings. The summed E-state index contributed by atoms with van der Waals surface area (Å²) in [4.78, 5) is 15.8. The highest BCUT2D eigenvalue weighted by atomic mass is 79.9. The molecule has 0 saturated carbocycles. The average molecular weight is 294 g/mol. The Bertz CT molecular complexity index is 627. The summed E-state index contributed by atoms with van der Waals surface area (Å²) in [5.41, 5.74) is 1.32. The van der Waals surface area contributed by atoms with Crippen LogP contribution < -0.4 is 0 Å². The van der Waals surface area contributed by atoms with Crippen LogP contribution in [0.1, 0.15) is 23.0 Å². The molecule has 0 spiro atoms. The molecule has 17 heavy (non-hydrogen) atoms. The van der Waals surface area contributed by atoms with Crippen LogP contribution in [0.15, 0.2) is 22.9 Å². The van der Waals surface area contributed by atoms with Crippen LogP contribution in [0.2, 0.25) is 0 Å². The van der Waals surface area contributed by atoms with Crippen molar-refractivity contribution in [3.8, 4) is 6.07 Å². The predicted molar refractivity (Wildman–Crippen MR) is 63.6 cm³/mol. The Morgan fingerprint density at radius 2 is 2.47 bits per heavy atom. The Labute approximate surface area is 106 Å². The second-order valence-electron chi connectivity index (χ2n) is 3.25. The van der Waals surface area contributed by atoms with Crippen molar-refractivity contribution in [2.45, 2.75) is 6.92 Å². The van der Waals surface area contributed by atoms with Crippen LogP contribution in [0.25, 0.3) is 5.65 Å². The molecule has 0 aliphatic carbocycles. The van der Waals surface area contributed by atoms with E-state index < -0.39 is 5.97 Å². The fourth-order valence-corrected chi connectivity index (χ4v) is 2.00. The Morgan fingerprint density at radius 1 is 1.71 bits per heavy atom. The molecule has 0 aromatic carbocycles. The van der Waals surface area contributed by atoms with Gasteiger partial charge in [0, 0.05) is 6.20 Å². The lowest BCUT2D eigenvalue weighted by molar-refractivity contribution is 0.0518. The van der Waals surface area contributed by atoms with Gasteiger partial charge in [-0.2, -0.15) is 5.26 Å². The highest BCUT2D eigenvalue weighted by Crippen LogP contribution is 2.20. The van der Waals surface area contributed by atoms with Crippen LogP contribution in [0.4, 0.5) is 0 Å². The van der Waals surface area contributed by atoms with Gasteiger partial charge >= 0.3 is 5.97 Å². The van der Waals surface area contributed by atoms with E-state index in [0.29, 0.717) is 28.0 Å². The van der Waals surface area contributed by atoms with Crippen LogP contribution in [0.5, 0.6) is 0 Å². The van der Waals surface area contributed by atoms with Crippen LogP contribution >= 0.6 is 15.9 Å². The van der Waals surface area contributed by atoms with E-state index in [-0.39, 0.29) is 0 Å². The largest absolute Gasteiger partial charge is 0.461 e. The fraction of sp³-hybridized carbons (Fsp3) is 0.182. The summed E-state index contributed by atoms with van der Waals surface area (Å²) in [5, 5.41) is 8.87. The molecular weight excluding hydrogens is 286 g/mol. The van der Waals surface area contributed by atoms with Gasteiger partial charge in [-0.25, -0.2) is 9.78 Å². The summed E-state index contributed by atoms with van der Waals surface area (Å²) in [7, 11) is 0. The first-order valence-corrected chi connectivity index (χ1v) is 5.70. The van der Waals surface area contributed by atoms with Gasteiger partial charge in [-0.3, -0.25) is 4.40 Å². The van der Waals surface area contributed by atoms with Gasteiger partial charge in [0.15, 0.2) is 11.3 Å². The first kappa shape index (κ1) is 11.6. The highest BCUT2D eigenvalue weighted by molar-refractivity contribution is 9.10. The quantitative estimate of drug-likeness (QED) is 0.796. The van der Waals surface area contributed by atoms with E-state index >= 15 is 0 Å². The van der Waals surface area contributed by atoms with Crippen molar-refractivity contribution in [2.24, 2.45) is 0 Å². The molecule has 2 aromatic heterocycles. The number of halogens is 1. The minimum atomic E-state index is -0.456. The van der Waals surface area contributed by atoms with Crippen molar-refractivity contribution in [3.63, 3.8) is 0 Å². The maximum atomic E-state index is 11.6. The van der Waals surface area contributed by atoms with Crippen LogP contribution in [0, 0.1) is 11.3 Å². The first-order chi connectivity index (χ1) is 8.17. The molecule has 0 atom stereocenters. The second kappa shape index (κ2) is 4.55. The Morgan fingerprint density at radius 3 is 3.12 bits per heavy atom. The van der Waals surface area contributed by atoms with E-state index in [9.17, 15) is 4.79 Å². The normalized spacial score (nSPS) is 10.2.